The number of benzene rings is 1. The van der Waals surface area contributed by atoms with E-state index in [-0.39, 0.29) is 8.80 Å². The maximum atomic E-state index is 6.01. The predicted molar refractivity (Wildman–Crippen MR) is 67.2 cm³/mol. The van der Waals surface area contributed by atoms with Gasteiger partial charge in [0.1, 0.15) is 0 Å². The van der Waals surface area contributed by atoms with Crippen LogP contribution in [0.2, 0.25) is 18.1 Å². The summed E-state index contributed by atoms with van der Waals surface area (Å²) in [5, 5.41) is 2.39. The molecule has 0 N–H and O–H groups in total. The molecule has 0 saturated carbocycles. The lowest BCUT2D eigenvalue weighted by Gasteiger charge is -2.11. The van der Waals surface area contributed by atoms with Crippen molar-refractivity contribution in [3.63, 3.8) is 0 Å². The summed E-state index contributed by atoms with van der Waals surface area (Å²) in [7, 11) is -0.378. The van der Waals surface area contributed by atoms with E-state index in [0.717, 1.165) is 5.02 Å². The van der Waals surface area contributed by atoms with Crippen LogP contribution in [-0.2, 0) is 6.42 Å². The van der Waals surface area contributed by atoms with Gasteiger partial charge in [-0.05, 0) is 30.5 Å². The molecule has 0 aliphatic heterocycles. The van der Waals surface area contributed by atoms with Gasteiger partial charge in [-0.25, -0.2) is 0 Å². The molecule has 0 atom stereocenters. The average Bonchev–Trinajstić information content (AvgIpc) is 2.15. The highest BCUT2D eigenvalue weighted by Gasteiger charge is 2.07. The Labute approximate surface area is 93.9 Å². The number of rotatable bonds is 4. The molecule has 0 spiro atoms. The van der Waals surface area contributed by atoms with E-state index in [1.807, 2.05) is 6.07 Å². The maximum absolute atomic E-state index is 6.01. The molecule has 0 unspecified atom stereocenters. The summed E-state index contributed by atoms with van der Waals surface area (Å²) < 4.78 is 0. The first-order chi connectivity index (χ1) is 6.65. The average molecular weight is 226 g/mol. The van der Waals surface area contributed by atoms with Crippen molar-refractivity contribution in [1.82, 2.24) is 0 Å². The van der Waals surface area contributed by atoms with Gasteiger partial charge in [-0.2, -0.15) is 0 Å². The second-order valence-electron chi connectivity index (χ2n) is 3.91. The Balaban J connectivity index is 2.90. The second kappa shape index (κ2) is 5.57. The fourth-order valence-electron chi connectivity index (χ4n) is 1.60. The van der Waals surface area contributed by atoms with E-state index in [4.69, 9.17) is 11.6 Å². The quantitative estimate of drug-likeness (QED) is 0.687. The molecule has 1 aromatic carbocycles. The van der Waals surface area contributed by atoms with Gasteiger partial charge in [-0.15, -0.1) is 0 Å². The second-order valence-corrected chi connectivity index (χ2v) is 6.88. The van der Waals surface area contributed by atoms with Crippen LogP contribution in [-0.4, -0.2) is 8.80 Å². The molecule has 1 radical (unpaired) electrons. The zero-order chi connectivity index (χ0) is 10.6. The van der Waals surface area contributed by atoms with Gasteiger partial charge in [0, 0.05) is 5.02 Å². The molecule has 0 saturated heterocycles. The molecular weight excluding hydrogens is 208 g/mol. The van der Waals surface area contributed by atoms with Crippen LogP contribution in [0.1, 0.15) is 25.3 Å². The number of unbranched alkanes of at least 4 members (excludes halogenated alkanes) is 1. The van der Waals surface area contributed by atoms with Crippen molar-refractivity contribution in [2.24, 2.45) is 0 Å². The molecular formula is C12H18ClSi. The van der Waals surface area contributed by atoms with Crippen molar-refractivity contribution < 1.29 is 0 Å². The molecule has 0 nitrogen and oxygen atoms in total. The molecule has 1 aromatic rings. The minimum absolute atomic E-state index is 0.378. The lowest BCUT2D eigenvalue weighted by atomic mass is 10.1. The summed E-state index contributed by atoms with van der Waals surface area (Å²) in [6.07, 6.45) is 3.75. The standard InChI is InChI=1S/C12H18ClSi/c1-4-5-6-10-7-8-11(13)9-12(10)14(2)3/h7-9H,4-6H2,1-3H3. The Morgan fingerprint density at radius 2 is 2.00 bits per heavy atom. The Morgan fingerprint density at radius 3 is 2.57 bits per heavy atom. The van der Waals surface area contributed by atoms with Crippen LogP contribution in [0.5, 0.6) is 0 Å². The minimum Gasteiger partial charge on any atom is -0.0843 e. The zero-order valence-electron chi connectivity index (χ0n) is 9.23. The van der Waals surface area contributed by atoms with Crippen LogP contribution in [0.15, 0.2) is 18.2 Å². The number of aryl methyl sites for hydroxylation is 1. The highest BCUT2D eigenvalue weighted by atomic mass is 35.5. The van der Waals surface area contributed by atoms with Gasteiger partial charge >= 0.3 is 0 Å². The Morgan fingerprint density at radius 1 is 1.29 bits per heavy atom. The normalized spacial score (nSPS) is 10.9. The Kier molecular flexibility index (Phi) is 4.69. The molecule has 2 heteroatoms. The number of hydrogen-bond acceptors (Lipinski definition) is 0. The summed E-state index contributed by atoms with van der Waals surface area (Å²) in [6.45, 7) is 6.89. The summed E-state index contributed by atoms with van der Waals surface area (Å²) in [5.74, 6) is 0. The summed E-state index contributed by atoms with van der Waals surface area (Å²) in [6, 6.07) is 6.37. The summed E-state index contributed by atoms with van der Waals surface area (Å²) in [4.78, 5) is 0. The van der Waals surface area contributed by atoms with Crippen LogP contribution in [0.4, 0.5) is 0 Å². The fourth-order valence-corrected chi connectivity index (χ4v) is 3.16. The van der Waals surface area contributed by atoms with Gasteiger partial charge in [0.15, 0.2) is 0 Å². The first-order valence-corrected chi connectivity index (χ1v) is 8.12. The lowest BCUT2D eigenvalue weighted by Crippen LogP contribution is -2.26. The van der Waals surface area contributed by atoms with Crippen LogP contribution in [0.3, 0.4) is 0 Å². The smallest absolute Gasteiger partial charge is 0.0796 e. The first kappa shape index (κ1) is 11.8. The zero-order valence-corrected chi connectivity index (χ0v) is 11.0. The molecule has 0 aliphatic rings. The maximum Gasteiger partial charge on any atom is 0.0796 e. The van der Waals surface area contributed by atoms with Crippen molar-refractivity contribution >= 4 is 25.6 Å². The van der Waals surface area contributed by atoms with Crippen molar-refractivity contribution in [2.45, 2.75) is 39.3 Å². The topological polar surface area (TPSA) is 0 Å². The van der Waals surface area contributed by atoms with E-state index in [2.05, 4.69) is 32.2 Å². The molecule has 14 heavy (non-hydrogen) atoms. The highest BCUT2D eigenvalue weighted by molar-refractivity contribution is 6.71. The van der Waals surface area contributed by atoms with Gasteiger partial charge in [0.2, 0.25) is 0 Å². The van der Waals surface area contributed by atoms with E-state index in [1.54, 1.807) is 0 Å². The van der Waals surface area contributed by atoms with Crippen LogP contribution < -0.4 is 5.19 Å². The molecule has 0 bridgehead atoms. The van der Waals surface area contributed by atoms with Gasteiger partial charge in [0.05, 0.1) is 8.80 Å². The minimum atomic E-state index is -0.378. The van der Waals surface area contributed by atoms with Crippen molar-refractivity contribution in [2.75, 3.05) is 0 Å². The van der Waals surface area contributed by atoms with Gasteiger partial charge in [-0.3, -0.25) is 0 Å². The van der Waals surface area contributed by atoms with Crippen LogP contribution in [0.25, 0.3) is 0 Å². The Hall–Kier alpha value is -0.273. The fraction of sp³-hybridized carbons (Fsp3) is 0.500. The van der Waals surface area contributed by atoms with E-state index in [9.17, 15) is 0 Å². The third-order valence-electron chi connectivity index (χ3n) is 2.41. The molecule has 0 fully saturated rings. The van der Waals surface area contributed by atoms with E-state index in [1.165, 1.54) is 30.0 Å². The van der Waals surface area contributed by atoms with Crippen LogP contribution >= 0.6 is 11.6 Å². The molecule has 0 aromatic heterocycles. The highest BCUT2D eigenvalue weighted by Crippen LogP contribution is 2.11. The molecule has 1 rings (SSSR count). The lowest BCUT2D eigenvalue weighted by molar-refractivity contribution is 0.797. The SMILES string of the molecule is CCCCc1ccc(Cl)cc1[Si](C)C. The summed E-state index contributed by atoms with van der Waals surface area (Å²) in [5.41, 5.74) is 1.51. The number of halogens is 1. The van der Waals surface area contributed by atoms with E-state index >= 15 is 0 Å². The number of hydrogen-bond donors (Lipinski definition) is 0. The van der Waals surface area contributed by atoms with Gasteiger partial charge in [-0.1, -0.05) is 49.3 Å². The van der Waals surface area contributed by atoms with E-state index < -0.39 is 0 Å². The molecule has 0 aliphatic carbocycles. The third kappa shape index (κ3) is 3.14. The molecule has 0 heterocycles. The Bertz CT molecular complexity index is 294. The molecule has 0 amide bonds. The monoisotopic (exact) mass is 225 g/mol. The van der Waals surface area contributed by atoms with Crippen molar-refractivity contribution in [1.29, 1.82) is 0 Å². The predicted octanol–water partition coefficient (Wildman–Crippen LogP) is 3.64. The largest absolute Gasteiger partial charge is 0.0843 e. The third-order valence-corrected chi connectivity index (χ3v) is 4.19. The van der Waals surface area contributed by atoms with E-state index in [0.29, 0.717) is 0 Å². The summed E-state index contributed by atoms with van der Waals surface area (Å²) >= 11 is 6.01. The van der Waals surface area contributed by atoms with Crippen molar-refractivity contribution in [3.05, 3.63) is 28.8 Å². The molecule has 77 valence electrons. The van der Waals surface area contributed by atoms with Gasteiger partial charge in [0.25, 0.3) is 0 Å². The first-order valence-electron chi connectivity index (χ1n) is 5.24. The van der Waals surface area contributed by atoms with Crippen molar-refractivity contribution in [3.8, 4) is 0 Å². The van der Waals surface area contributed by atoms with Crippen LogP contribution in [0, 0.1) is 0 Å². The van der Waals surface area contributed by atoms with Gasteiger partial charge < -0.3 is 0 Å².